The lowest BCUT2D eigenvalue weighted by molar-refractivity contribution is 0.247. The fourth-order valence-corrected chi connectivity index (χ4v) is 2.49. The summed E-state index contributed by atoms with van der Waals surface area (Å²) < 4.78 is 0. The van der Waals surface area contributed by atoms with Crippen molar-refractivity contribution in [1.29, 1.82) is 0 Å². The molecule has 0 aliphatic carbocycles. The highest BCUT2D eigenvalue weighted by molar-refractivity contribution is 7.99. The largest absolute Gasteiger partial charge is 0.332 e. The van der Waals surface area contributed by atoms with Gasteiger partial charge >= 0.3 is 6.03 Å². The minimum Gasteiger partial charge on any atom is -0.332 e. The summed E-state index contributed by atoms with van der Waals surface area (Å²) in [6.45, 7) is 0. The molecule has 2 atom stereocenters. The molecule has 0 aromatic heterocycles. The normalized spacial score (nSPS) is 39.8. The standard InChI is InChI=1S/C5H8N2OS/c8-5-6-3-1-9-2-4(3)7-5/h3-4H,1-2H2,(H2,6,7,8)/t3-,4+. The molecule has 0 unspecified atom stereocenters. The van der Waals surface area contributed by atoms with Gasteiger partial charge in [-0.1, -0.05) is 0 Å². The first-order valence-electron chi connectivity index (χ1n) is 3.01. The molecule has 9 heavy (non-hydrogen) atoms. The molecule has 0 aromatic carbocycles. The number of hydrogen-bond acceptors (Lipinski definition) is 2. The van der Waals surface area contributed by atoms with Gasteiger partial charge in [0.2, 0.25) is 0 Å². The second-order valence-corrected chi connectivity index (χ2v) is 3.44. The Balaban J connectivity index is 2.09. The molecule has 2 aliphatic rings. The van der Waals surface area contributed by atoms with E-state index in [1.54, 1.807) is 0 Å². The molecular weight excluding hydrogens is 136 g/mol. The maximum absolute atomic E-state index is 10.6. The van der Waals surface area contributed by atoms with Crippen LogP contribution in [0.1, 0.15) is 0 Å². The predicted molar refractivity (Wildman–Crippen MR) is 36.6 cm³/mol. The fraction of sp³-hybridized carbons (Fsp3) is 0.800. The summed E-state index contributed by atoms with van der Waals surface area (Å²) in [4.78, 5) is 10.6. The third-order valence-corrected chi connectivity index (χ3v) is 2.90. The van der Waals surface area contributed by atoms with E-state index in [1.807, 2.05) is 11.8 Å². The van der Waals surface area contributed by atoms with Gasteiger partial charge in [-0.05, 0) is 0 Å². The Hall–Kier alpha value is -0.380. The van der Waals surface area contributed by atoms with E-state index in [2.05, 4.69) is 10.6 Å². The van der Waals surface area contributed by atoms with Crippen LogP contribution in [0.5, 0.6) is 0 Å². The molecule has 2 amide bonds. The summed E-state index contributed by atoms with van der Waals surface area (Å²) in [5.41, 5.74) is 0. The fourth-order valence-electron chi connectivity index (χ4n) is 1.22. The Labute approximate surface area is 57.6 Å². The molecule has 2 saturated heterocycles. The van der Waals surface area contributed by atoms with Gasteiger partial charge in [0.25, 0.3) is 0 Å². The number of urea groups is 1. The van der Waals surface area contributed by atoms with Gasteiger partial charge in [0.15, 0.2) is 0 Å². The maximum Gasteiger partial charge on any atom is 0.315 e. The van der Waals surface area contributed by atoms with Crippen molar-refractivity contribution in [1.82, 2.24) is 10.6 Å². The molecule has 0 saturated carbocycles. The topological polar surface area (TPSA) is 41.1 Å². The molecule has 0 radical (unpaired) electrons. The van der Waals surface area contributed by atoms with E-state index in [4.69, 9.17) is 0 Å². The van der Waals surface area contributed by atoms with E-state index in [0.717, 1.165) is 11.5 Å². The first-order chi connectivity index (χ1) is 4.36. The summed E-state index contributed by atoms with van der Waals surface area (Å²) in [6, 6.07) is 0.815. The Bertz CT molecular complexity index is 136. The van der Waals surface area contributed by atoms with Gasteiger partial charge in [-0.2, -0.15) is 11.8 Å². The lowest BCUT2D eigenvalue weighted by Gasteiger charge is -2.02. The van der Waals surface area contributed by atoms with Crippen LogP contribution >= 0.6 is 11.8 Å². The SMILES string of the molecule is O=C1N[C@H]2CSC[C@H]2N1. The zero-order chi connectivity index (χ0) is 6.27. The first kappa shape index (κ1) is 5.41. The van der Waals surface area contributed by atoms with Crippen molar-refractivity contribution < 1.29 is 4.79 Å². The van der Waals surface area contributed by atoms with Crippen molar-refractivity contribution in [2.24, 2.45) is 0 Å². The monoisotopic (exact) mass is 144 g/mol. The second-order valence-electron chi connectivity index (χ2n) is 2.37. The van der Waals surface area contributed by atoms with E-state index in [1.165, 1.54) is 0 Å². The van der Waals surface area contributed by atoms with Gasteiger partial charge in [0.05, 0.1) is 12.1 Å². The molecule has 2 N–H and O–H groups in total. The molecule has 2 aliphatic heterocycles. The van der Waals surface area contributed by atoms with Crippen molar-refractivity contribution in [3.8, 4) is 0 Å². The molecule has 2 fully saturated rings. The zero-order valence-electron chi connectivity index (χ0n) is 4.89. The van der Waals surface area contributed by atoms with Crippen LogP contribution in [0, 0.1) is 0 Å². The molecule has 0 bridgehead atoms. The number of thioether (sulfide) groups is 1. The minimum absolute atomic E-state index is 0.00491. The molecule has 0 spiro atoms. The van der Waals surface area contributed by atoms with Crippen LogP contribution in [0.2, 0.25) is 0 Å². The van der Waals surface area contributed by atoms with Crippen LogP contribution in [0.25, 0.3) is 0 Å². The highest BCUT2D eigenvalue weighted by Gasteiger charge is 2.35. The molecular formula is C5H8N2OS. The summed E-state index contributed by atoms with van der Waals surface area (Å²) in [5, 5.41) is 5.69. The Morgan fingerprint density at radius 2 is 1.89 bits per heavy atom. The molecule has 0 aromatic rings. The molecule has 2 heterocycles. The van der Waals surface area contributed by atoms with Gasteiger partial charge in [-0.3, -0.25) is 0 Å². The minimum atomic E-state index is 0.00491. The van der Waals surface area contributed by atoms with Gasteiger partial charge in [0, 0.05) is 11.5 Å². The molecule has 4 heteroatoms. The van der Waals surface area contributed by atoms with Crippen LogP contribution in [0.15, 0.2) is 0 Å². The Morgan fingerprint density at radius 1 is 1.33 bits per heavy atom. The van der Waals surface area contributed by atoms with Crippen molar-refractivity contribution >= 4 is 17.8 Å². The van der Waals surface area contributed by atoms with Crippen LogP contribution in [0.3, 0.4) is 0 Å². The van der Waals surface area contributed by atoms with Crippen molar-refractivity contribution in [2.75, 3.05) is 11.5 Å². The van der Waals surface area contributed by atoms with E-state index in [-0.39, 0.29) is 6.03 Å². The number of hydrogen-bond donors (Lipinski definition) is 2. The van der Waals surface area contributed by atoms with E-state index in [9.17, 15) is 4.79 Å². The third-order valence-electron chi connectivity index (χ3n) is 1.71. The van der Waals surface area contributed by atoms with Crippen molar-refractivity contribution in [3.63, 3.8) is 0 Å². The van der Waals surface area contributed by atoms with Crippen molar-refractivity contribution in [2.45, 2.75) is 12.1 Å². The van der Waals surface area contributed by atoms with Crippen LogP contribution in [-0.2, 0) is 0 Å². The zero-order valence-corrected chi connectivity index (χ0v) is 5.70. The number of carbonyl (C=O) groups excluding carboxylic acids is 1. The Morgan fingerprint density at radius 3 is 2.44 bits per heavy atom. The van der Waals surface area contributed by atoms with Gasteiger partial charge in [0.1, 0.15) is 0 Å². The van der Waals surface area contributed by atoms with E-state index >= 15 is 0 Å². The third kappa shape index (κ3) is 0.775. The number of rotatable bonds is 0. The van der Waals surface area contributed by atoms with Crippen LogP contribution < -0.4 is 10.6 Å². The highest BCUT2D eigenvalue weighted by atomic mass is 32.2. The number of nitrogens with one attached hydrogen (secondary N) is 2. The van der Waals surface area contributed by atoms with Crippen LogP contribution in [-0.4, -0.2) is 29.6 Å². The van der Waals surface area contributed by atoms with Gasteiger partial charge < -0.3 is 10.6 Å². The first-order valence-corrected chi connectivity index (χ1v) is 4.16. The van der Waals surface area contributed by atoms with Crippen molar-refractivity contribution in [3.05, 3.63) is 0 Å². The number of carbonyl (C=O) groups is 1. The average molecular weight is 144 g/mol. The predicted octanol–water partition coefficient (Wildman–Crippen LogP) is -0.217. The molecule has 2 rings (SSSR count). The summed E-state index contributed by atoms with van der Waals surface area (Å²) in [6.07, 6.45) is 0. The van der Waals surface area contributed by atoms with Crippen LogP contribution in [0.4, 0.5) is 4.79 Å². The van der Waals surface area contributed by atoms with E-state index < -0.39 is 0 Å². The lowest BCUT2D eigenvalue weighted by atomic mass is 10.2. The van der Waals surface area contributed by atoms with Gasteiger partial charge in [-0.15, -0.1) is 0 Å². The highest BCUT2D eigenvalue weighted by Crippen LogP contribution is 2.20. The summed E-state index contributed by atoms with van der Waals surface area (Å²) in [7, 11) is 0. The summed E-state index contributed by atoms with van der Waals surface area (Å²) >= 11 is 1.89. The Kier molecular flexibility index (Phi) is 1.08. The average Bonchev–Trinajstić information content (AvgIpc) is 2.22. The van der Waals surface area contributed by atoms with Gasteiger partial charge in [-0.25, -0.2) is 4.79 Å². The number of fused-ring (bicyclic) bond motifs is 1. The quantitative estimate of drug-likeness (QED) is 0.462. The molecule has 50 valence electrons. The molecule has 3 nitrogen and oxygen atoms in total. The number of amides is 2. The van der Waals surface area contributed by atoms with E-state index in [0.29, 0.717) is 12.1 Å². The second kappa shape index (κ2) is 1.80. The smallest absolute Gasteiger partial charge is 0.315 e. The summed E-state index contributed by atoms with van der Waals surface area (Å²) in [5.74, 6) is 2.15. The maximum atomic E-state index is 10.6. The lowest BCUT2D eigenvalue weighted by Crippen LogP contribution is -2.31.